The van der Waals surface area contributed by atoms with Gasteiger partial charge in [0.2, 0.25) is 0 Å². The largest absolute Gasteiger partial charge is 0.481 e. The van der Waals surface area contributed by atoms with Crippen LogP contribution >= 0.6 is 17.0 Å². The molecular formula is C16H19BrN4O6. The van der Waals surface area contributed by atoms with Crippen LogP contribution in [0, 0.1) is 16.0 Å². The highest BCUT2D eigenvalue weighted by atomic mass is 79.9. The number of nitrogens with one attached hydrogen (secondary N) is 3. The van der Waals surface area contributed by atoms with Crippen molar-refractivity contribution >= 4 is 39.7 Å². The molecular weight excluding hydrogens is 424 g/mol. The molecule has 11 heteroatoms. The van der Waals surface area contributed by atoms with E-state index in [1.165, 1.54) is 12.1 Å². The lowest BCUT2D eigenvalue weighted by Gasteiger charge is -2.29. The molecule has 27 heavy (non-hydrogen) atoms. The second kappa shape index (κ2) is 8.44. The third-order valence-corrected chi connectivity index (χ3v) is 4.75. The summed E-state index contributed by atoms with van der Waals surface area (Å²) in [6.45, 7) is 0.134. The number of carbonyl (C=O) groups is 1. The molecule has 2 atom stereocenters. The van der Waals surface area contributed by atoms with E-state index in [-0.39, 0.29) is 46.3 Å². The molecule has 1 aromatic heterocycles. The van der Waals surface area contributed by atoms with Crippen LogP contribution in [0.5, 0.6) is 0 Å². The fourth-order valence-electron chi connectivity index (χ4n) is 3.44. The van der Waals surface area contributed by atoms with Crippen molar-refractivity contribution in [3.05, 3.63) is 48.5 Å². The molecule has 1 aliphatic rings. The van der Waals surface area contributed by atoms with E-state index in [9.17, 15) is 29.6 Å². The molecule has 0 radical (unpaired) electrons. The number of aliphatic carboxylic acids is 1. The molecule has 0 bridgehead atoms. The summed E-state index contributed by atoms with van der Waals surface area (Å²) in [5.74, 6) is -1.39. The Labute approximate surface area is 162 Å². The van der Waals surface area contributed by atoms with Crippen molar-refractivity contribution in [2.45, 2.75) is 38.3 Å². The van der Waals surface area contributed by atoms with Crippen molar-refractivity contribution in [3.63, 3.8) is 0 Å². The zero-order valence-electron chi connectivity index (χ0n) is 14.2. The zero-order chi connectivity index (χ0) is 18.8. The number of aromatic amines is 2. The minimum atomic E-state index is -0.893. The average Bonchev–Trinajstić information content (AvgIpc) is 2.60. The molecule has 10 nitrogen and oxygen atoms in total. The van der Waals surface area contributed by atoms with Crippen molar-refractivity contribution in [1.82, 2.24) is 15.3 Å². The molecule has 0 spiro atoms. The average molecular weight is 443 g/mol. The number of H-pyrrole nitrogens is 2. The highest BCUT2D eigenvalue weighted by Gasteiger charge is 2.30. The summed E-state index contributed by atoms with van der Waals surface area (Å²) in [4.78, 5) is 49.8. The van der Waals surface area contributed by atoms with E-state index in [1.54, 1.807) is 0 Å². The number of rotatable bonds is 5. The van der Waals surface area contributed by atoms with Gasteiger partial charge in [0.15, 0.2) is 0 Å². The predicted molar refractivity (Wildman–Crippen MR) is 102 cm³/mol. The first-order valence-corrected chi connectivity index (χ1v) is 8.26. The molecule has 0 aliphatic heterocycles. The minimum Gasteiger partial charge on any atom is -0.481 e. The molecule has 3 rings (SSSR count). The van der Waals surface area contributed by atoms with Crippen LogP contribution in [0.15, 0.2) is 21.7 Å². The van der Waals surface area contributed by atoms with Crippen molar-refractivity contribution in [2.24, 2.45) is 5.92 Å². The molecule has 0 unspecified atom stereocenters. The lowest BCUT2D eigenvalue weighted by molar-refractivity contribution is -0.384. The molecule has 4 N–H and O–H groups in total. The molecule has 0 amide bonds. The molecule has 0 saturated heterocycles. The fourth-order valence-corrected chi connectivity index (χ4v) is 3.44. The van der Waals surface area contributed by atoms with Crippen LogP contribution in [-0.4, -0.2) is 32.0 Å². The molecule has 1 fully saturated rings. The predicted octanol–water partition coefficient (Wildman–Crippen LogP) is 1.44. The van der Waals surface area contributed by atoms with Gasteiger partial charge in [0.05, 0.1) is 21.9 Å². The molecule has 2 aromatic rings. The number of fused-ring (bicyclic) bond motifs is 1. The van der Waals surface area contributed by atoms with Gasteiger partial charge < -0.3 is 20.4 Å². The Kier molecular flexibility index (Phi) is 6.50. The van der Waals surface area contributed by atoms with Gasteiger partial charge in [-0.15, -0.1) is 17.0 Å². The van der Waals surface area contributed by atoms with E-state index in [0.717, 1.165) is 12.8 Å². The Hall–Kier alpha value is -2.53. The van der Waals surface area contributed by atoms with Crippen LogP contribution in [0.4, 0.5) is 5.69 Å². The van der Waals surface area contributed by atoms with E-state index in [4.69, 9.17) is 0 Å². The number of non-ortho nitro benzene ring substituents is 1. The topological polar surface area (TPSA) is 158 Å². The molecule has 146 valence electrons. The van der Waals surface area contributed by atoms with Crippen molar-refractivity contribution in [3.8, 4) is 0 Å². The van der Waals surface area contributed by atoms with Gasteiger partial charge in [0.1, 0.15) is 0 Å². The number of carboxylic acid groups (broad SMARTS) is 1. The van der Waals surface area contributed by atoms with Crippen LogP contribution in [0.1, 0.15) is 31.2 Å². The molecule has 1 aromatic carbocycles. The van der Waals surface area contributed by atoms with Crippen molar-refractivity contribution in [2.75, 3.05) is 0 Å². The van der Waals surface area contributed by atoms with Gasteiger partial charge in [-0.2, -0.15) is 0 Å². The van der Waals surface area contributed by atoms with Crippen LogP contribution in [-0.2, 0) is 11.3 Å². The van der Waals surface area contributed by atoms with Crippen LogP contribution in [0.25, 0.3) is 11.0 Å². The second-order valence-electron chi connectivity index (χ2n) is 6.41. The molecule has 1 saturated carbocycles. The lowest BCUT2D eigenvalue weighted by atomic mass is 9.84. The summed E-state index contributed by atoms with van der Waals surface area (Å²) < 4.78 is 0. The summed E-state index contributed by atoms with van der Waals surface area (Å²) in [7, 11) is 0. The normalized spacial score (nSPS) is 19.4. The summed E-state index contributed by atoms with van der Waals surface area (Å²) in [6.07, 6.45) is 3.02. The molecule has 1 aliphatic carbocycles. The second-order valence-corrected chi connectivity index (χ2v) is 6.41. The Bertz CT molecular complexity index is 985. The maximum atomic E-state index is 11.6. The minimum absolute atomic E-state index is 0. The summed E-state index contributed by atoms with van der Waals surface area (Å²) in [6, 6.07) is 2.23. The highest BCUT2D eigenvalue weighted by Crippen LogP contribution is 2.26. The van der Waals surface area contributed by atoms with Gasteiger partial charge in [0, 0.05) is 24.7 Å². The standard InChI is InChI=1S/C16H18N4O6.BrH/c21-14-15(22)19-13-8(5-9(20(25)26)6-12(13)18-14)7-17-11-4-2-1-3-10(11)16(23)24;/h5-6,10-11,17H,1-4,7H2,(H,18,21)(H,19,22)(H,23,24);1H/t10-,11+;/m1./s1. The quantitative estimate of drug-likeness (QED) is 0.309. The monoisotopic (exact) mass is 442 g/mol. The van der Waals surface area contributed by atoms with E-state index in [2.05, 4.69) is 15.3 Å². The first-order chi connectivity index (χ1) is 12.4. The first kappa shape index (κ1) is 20.8. The number of aromatic nitrogens is 2. The van der Waals surface area contributed by atoms with Gasteiger partial charge >= 0.3 is 17.1 Å². The Balaban J connectivity index is 0.00000261. The van der Waals surface area contributed by atoms with Crippen molar-refractivity contribution < 1.29 is 14.8 Å². The van der Waals surface area contributed by atoms with Gasteiger partial charge in [-0.3, -0.25) is 24.5 Å². The first-order valence-electron chi connectivity index (χ1n) is 8.26. The third-order valence-electron chi connectivity index (χ3n) is 4.75. The number of nitro benzene ring substituents is 1. The van der Waals surface area contributed by atoms with Gasteiger partial charge in [0.25, 0.3) is 5.69 Å². The number of hydrogen-bond donors (Lipinski definition) is 4. The maximum absolute atomic E-state index is 11.6. The number of hydrogen-bond acceptors (Lipinski definition) is 6. The van der Waals surface area contributed by atoms with Crippen LogP contribution < -0.4 is 16.4 Å². The van der Waals surface area contributed by atoms with Crippen molar-refractivity contribution in [1.29, 1.82) is 0 Å². The Morgan fingerprint density at radius 3 is 2.56 bits per heavy atom. The third kappa shape index (κ3) is 4.42. The van der Waals surface area contributed by atoms with Gasteiger partial charge in [-0.25, -0.2) is 0 Å². The maximum Gasteiger partial charge on any atom is 0.314 e. The highest BCUT2D eigenvalue weighted by molar-refractivity contribution is 8.93. The van der Waals surface area contributed by atoms with Crippen LogP contribution in [0.2, 0.25) is 0 Å². The summed E-state index contributed by atoms with van der Waals surface area (Å²) >= 11 is 0. The van der Waals surface area contributed by atoms with E-state index >= 15 is 0 Å². The number of halogens is 1. The SMILES string of the molecule is Br.O=C(O)[C@@H]1CCCC[C@@H]1NCc1cc([N+](=O)[O-])cc2[nH]c(=O)c(=O)[nH]c12. The lowest BCUT2D eigenvalue weighted by Crippen LogP contribution is -2.42. The fraction of sp³-hybridized carbons (Fsp3) is 0.438. The summed E-state index contributed by atoms with van der Waals surface area (Å²) in [5.41, 5.74) is -1.12. The zero-order valence-corrected chi connectivity index (χ0v) is 15.9. The Morgan fingerprint density at radius 2 is 1.89 bits per heavy atom. The number of carboxylic acids is 1. The number of benzene rings is 1. The number of nitrogens with zero attached hydrogens (tertiary/aromatic N) is 1. The smallest absolute Gasteiger partial charge is 0.314 e. The Morgan fingerprint density at radius 1 is 1.22 bits per heavy atom. The van der Waals surface area contributed by atoms with Gasteiger partial charge in [-0.1, -0.05) is 12.8 Å². The number of nitro groups is 1. The molecule has 1 heterocycles. The van der Waals surface area contributed by atoms with E-state index in [0.29, 0.717) is 18.4 Å². The van der Waals surface area contributed by atoms with Crippen LogP contribution in [0.3, 0.4) is 0 Å². The van der Waals surface area contributed by atoms with E-state index in [1.807, 2.05) is 0 Å². The summed E-state index contributed by atoms with van der Waals surface area (Å²) in [5, 5.41) is 23.6. The van der Waals surface area contributed by atoms with Gasteiger partial charge in [-0.05, 0) is 18.4 Å². The van der Waals surface area contributed by atoms with E-state index < -0.39 is 27.9 Å².